The molecular weight excluding hydrogens is 604 g/mol. The highest BCUT2D eigenvalue weighted by Gasteiger charge is 2.44. The Morgan fingerprint density at radius 3 is 2.34 bits per heavy atom. The number of halogens is 1. The van der Waals surface area contributed by atoms with Crippen LogP contribution in [0.1, 0.15) is 57.0 Å². The molecule has 10 heteroatoms. The summed E-state index contributed by atoms with van der Waals surface area (Å²) in [6, 6.07) is 13.4. The van der Waals surface area contributed by atoms with Crippen molar-refractivity contribution in [3.8, 4) is 10.4 Å². The summed E-state index contributed by atoms with van der Waals surface area (Å²) in [5.74, 6) is -0.999. The number of aliphatic hydroxyl groups is 1. The van der Waals surface area contributed by atoms with Gasteiger partial charge in [-0.25, -0.2) is 4.98 Å². The van der Waals surface area contributed by atoms with Gasteiger partial charge in [-0.2, -0.15) is 0 Å². The van der Waals surface area contributed by atoms with Crippen LogP contribution in [-0.4, -0.2) is 57.4 Å². The molecule has 4 rings (SSSR count). The molecule has 3 aromatic rings. The van der Waals surface area contributed by atoms with Gasteiger partial charge < -0.3 is 20.6 Å². The average Bonchev–Trinajstić information content (AvgIpc) is 3.53. The van der Waals surface area contributed by atoms with Gasteiger partial charge in [-0.05, 0) is 48.1 Å². The van der Waals surface area contributed by atoms with Crippen LogP contribution in [0.4, 0.5) is 0 Å². The van der Waals surface area contributed by atoms with E-state index < -0.39 is 23.6 Å². The van der Waals surface area contributed by atoms with E-state index >= 15 is 0 Å². The van der Waals surface area contributed by atoms with Crippen LogP contribution in [0.5, 0.6) is 0 Å². The number of carbonyl (C=O) groups excluding carboxylic acids is 3. The topological polar surface area (TPSA) is 112 Å². The van der Waals surface area contributed by atoms with Crippen LogP contribution in [0.15, 0.2) is 58.5 Å². The maximum absolute atomic E-state index is 13.8. The van der Waals surface area contributed by atoms with Gasteiger partial charge in [-0.1, -0.05) is 73.1 Å². The maximum Gasteiger partial charge on any atom is 0.246 e. The van der Waals surface area contributed by atoms with E-state index in [0.29, 0.717) is 0 Å². The molecule has 218 valence electrons. The third-order valence-corrected chi connectivity index (χ3v) is 8.84. The highest BCUT2D eigenvalue weighted by molar-refractivity contribution is 9.10. The SMILES string of the molecule is Cc1ncsc1-c1ccc([C@H](C)NC(=O)[C@@H]2C[C@@H](O)CN2C(=O)C(NC(=O)Cc2ccc(Br)cc2)C(C)(C)C)cc1. The van der Waals surface area contributed by atoms with Crippen LogP contribution in [-0.2, 0) is 20.8 Å². The van der Waals surface area contributed by atoms with Gasteiger partial charge in [0, 0.05) is 17.4 Å². The number of aromatic nitrogens is 1. The van der Waals surface area contributed by atoms with Crippen LogP contribution in [0.25, 0.3) is 10.4 Å². The number of carbonyl (C=O) groups is 3. The van der Waals surface area contributed by atoms with Gasteiger partial charge in [0.1, 0.15) is 12.1 Å². The fourth-order valence-electron chi connectivity index (χ4n) is 5.02. The molecule has 3 amide bonds. The fourth-order valence-corrected chi connectivity index (χ4v) is 6.09. The second-order valence-electron chi connectivity index (χ2n) is 11.7. The van der Waals surface area contributed by atoms with Crippen molar-refractivity contribution in [1.29, 1.82) is 0 Å². The summed E-state index contributed by atoms with van der Waals surface area (Å²) >= 11 is 4.98. The molecule has 2 heterocycles. The predicted octanol–water partition coefficient (Wildman–Crippen LogP) is 4.79. The quantitative estimate of drug-likeness (QED) is 0.328. The minimum Gasteiger partial charge on any atom is -0.391 e. The predicted molar refractivity (Wildman–Crippen MR) is 164 cm³/mol. The molecule has 1 aliphatic rings. The van der Waals surface area contributed by atoms with Crippen molar-refractivity contribution in [3.63, 3.8) is 0 Å². The summed E-state index contributed by atoms with van der Waals surface area (Å²) in [4.78, 5) is 47.0. The van der Waals surface area contributed by atoms with Crippen molar-refractivity contribution >= 4 is 45.0 Å². The lowest BCUT2D eigenvalue weighted by atomic mass is 9.85. The van der Waals surface area contributed by atoms with E-state index in [-0.39, 0.29) is 43.1 Å². The maximum atomic E-state index is 13.8. The van der Waals surface area contributed by atoms with Gasteiger partial charge in [0.15, 0.2) is 0 Å². The molecule has 0 radical (unpaired) electrons. The number of nitrogens with zero attached hydrogens (tertiary/aromatic N) is 2. The van der Waals surface area contributed by atoms with Crippen LogP contribution in [0.2, 0.25) is 0 Å². The zero-order valence-corrected chi connectivity index (χ0v) is 26.4. The number of thiazole rings is 1. The van der Waals surface area contributed by atoms with E-state index in [1.54, 1.807) is 11.3 Å². The Balaban J connectivity index is 1.44. The van der Waals surface area contributed by atoms with Crippen LogP contribution in [0.3, 0.4) is 0 Å². The van der Waals surface area contributed by atoms with Gasteiger partial charge in [-0.15, -0.1) is 11.3 Å². The van der Waals surface area contributed by atoms with E-state index in [1.165, 1.54) is 4.90 Å². The molecule has 0 aliphatic carbocycles. The molecule has 3 N–H and O–H groups in total. The highest BCUT2D eigenvalue weighted by Crippen LogP contribution is 2.29. The number of hydrogen-bond acceptors (Lipinski definition) is 6. The van der Waals surface area contributed by atoms with Crippen LogP contribution >= 0.6 is 27.3 Å². The summed E-state index contributed by atoms with van der Waals surface area (Å²) in [5, 5.41) is 16.4. The Bertz CT molecular complexity index is 1380. The number of nitrogens with one attached hydrogen (secondary N) is 2. The first-order valence-corrected chi connectivity index (χ1v) is 15.3. The smallest absolute Gasteiger partial charge is 0.246 e. The van der Waals surface area contributed by atoms with Crippen molar-refractivity contribution in [3.05, 3.63) is 75.3 Å². The number of likely N-dealkylation sites (tertiary alicyclic amines) is 1. The highest BCUT2D eigenvalue weighted by atomic mass is 79.9. The normalized spacial score (nSPS) is 18.6. The van der Waals surface area contributed by atoms with Gasteiger partial charge >= 0.3 is 0 Å². The molecule has 0 saturated carbocycles. The number of amides is 3. The number of hydrogen-bond donors (Lipinski definition) is 3. The second kappa shape index (κ2) is 12.8. The van der Waals surface area contributed by atoms with Gasteiger partial charge in [-0.3, -0.25) is 14.4 Å². The van der Waals surface area contributed by atoms with E-state index in [1.807, 2.05) is 88.7 Å². The molecule has 0 spiro atoms. The van der Waals surface area contributed by atoms with Crippen LogP contribution < -0.4 is 10.6 Å². The first-order chi connectivity index (χ1) is 19.3. The lowest BCUT2D eigenvalue weighted by molar-refractivity contribution is -0.144. The molecule has 8 nitrogen and oxygen atoms in total. The summed E-state index contributed by atoms with van der Waals surface area (Å²) in [7, 11) is 0. The van der Waals surface area contributed by atoms with E-state index in [9.17, 15) is 19.5 Å². The Morgan fingerprint density at radius 2 is 1.76 bits per heavy atom. The summed E-state index contributed by atoms with van der Waals surface area (Å²) < 4.78 is 0.915. The molecule has 0 bridgehead atoms. The molecule has 41 heavy (non-hydrogen) atoms. The first-order valence-electron chi connectivity index (χ1n) is 13.7. The Kier molecular flexibility index (Phi) is 9.66. The monoisotopic (exact) mass is 640 g/mol. The molecule has 1 saturated heterocycles. The molecule has 1 unspecified atom stereocenters. The largest absolute Gasteiger partial charge is 0.391 e. The number of aliphatic hydroxyl groups excluding tert-OH is 1. The average molecular weight is 642 g/mol. The molecule has 1 aliphatic heterocycles. The van der Waals surface area contributed by atoms with E-state index in [4.69, 9.17) is 0 Å². The Hall–Kier alpha value is -3.08. The molecule has 2 aromatic carbocycles. The first kappa shape index (κ1) is 30.9. The molecule has 1 aromatic heterocycles. The van der Waals surface area contributed by atoms with Crippen molar-refractivity contribution in [1.82, 2.24) is 20.5 Å². The summed E-state index contributed by atoms with van der Waals surface area (Å²) in [6.07, 6.45) is -0.568. The van der Waals surface area contributed by atoms with Crippen molar-refractivity contribution in [2.75, 3.05) is 6.54 Å². The number of aryl methyl sites for hydroxylation is 1. The Morgan fingerprint density at radius 1 is 1.10 bits per heavy atom. The van der Waals surface area contributed by atoms with Crippen LogP contribution in [0, 0.1) is 12.3 Å². The molecular formula is C31H37BrN4O4S. The zero-order valence-electron chi connectivity index (χ0n) is 24.0. The van der Waals surface area contributed by atoms with Gasteiger partial charge in [0.05, 0.1) is 34.6 Å². The fraction of sp³-hybridized carbons (Fsp3) is 0.419. The second-order valence-corrected chi connectivity index (χ2v) is 13.5. The Labute approximate surface area is 253 Å². The van der Waals surface area contributed by atoms with Gasteiger partial charge in [0.2, 0.25) is 17.7 Å². The van der Waals surface area contributed by atoms with E-state index in [2.05, 4.69) is 31.5 Å². The third kappa shape index (κ3) is 7.61. The molecule has 1 fully saturated rings. The number of β-amino-alcohol motifs (C(OH)–C–C–N with tert-alkyl or cyclic N) is 1. The standard InChI is InChI=1S/C31H37BrN4O4S/c1-18(21-8-10-22(11-9-21)27-19(2)33-17-41-27)34-29(39)25-15-24(37)16-36(25)30(40)28(31(3,4)5)35-26(38)14-20-6-12-23(32)13-7-20/h6-13,17-18,24-25,28,37H,14-16H2,1-5H3,(H,34,39)(H,35,38)/t18-,24+,25-,28?/m0/s1. The van der Waals surface area contributed by atoms with Gasteiger partial charge in [0.25, 0.3) is 0 Å². The zero-order chi connectivity index (χ0) is 29.9. The summed E-state index contributed by atoms with van der Waals surface area (Å²) in [6.45, 7) is 9.51. The number of rotatable bonds is 8. The minimum atomic E-state index is -0.869. The van der Waals surface area contributed by atoms with Crippen molar-refractivity contribution in [2.45, 2.75) is 71.7 Å². The minimum absolute atomic E-state index is 0.0311. The van der Waals surface area contributed by atoms with Crippen molar-refractivity contribution in [2.24, 2.45) is 5.41 Å². The van der Waals surface area contributed by atoms with Crippen molar-refractivity contribution < 1.29 is 19.5 Å². The molecule has 4 atom stereocenters. The lowest BCUT2D eigenvalue weighted by Crippen LogP contribution is -2.58. The summed E-state index contributed by atoms with van der Waals surface area (Å²) in [5.41, 5.74) is 5.00. The lowest BCUT2D eigenvalue weighted by Gasteiger charge is -2.35. The third-order valence-electron chi connectivity index (χ3n) is 7.34. The van der Waals surface area contributed by atoms with E-state index in [0.717, 1.165) is 31.7 Å². The number of benzene rings is 2.